The Balaban J connectivity index is 1.25. The van der Waals surface area contributed by atoms with E-state index in [4.69, 9.17) is 14.2 Å². The van der Waals surface area contributed by atoms with Gasteiger partial charge >= 0.3 is 17.9 Å². The van der Waals surface area contributed by atoms with Crippen LogP contribution in [0.25, 0.3) is 0 Å². The molecule has 1 aromatic carbocycles. The highest BCUT2D eigenvalue weighted by atomic mass is 16.6. The van der Waals surface area contributed by atoms with Crippen LogP contribution in [0.5, 0.6) is 0 Å². The molecule has 176 valence electrons. The Morgan fingerprint density at radius 1 is 1.00 bits per heavy atom. The second-order valence-electron chi connectivity index (χ2n) is 10.5. The molecule has 2 heterocycles. The van der Waals surface area contributed by atoms with E-state index < -0.39 is 29.6 Å². The molecule has 0 radical (unpaired) electrons. The third kappa shape index (κ3) is 3.38. The molecule has 3 aliphatic carbocycles. The quantitative estimate of drug-likeness (QED) is 0.537. The lowest BCUT2D eigenvalue weighted by Gasteiger charge is -2.38. The molecular weight excluding hydrogens is 422 g/mol. The van der Waals surface area contributed by atoms with Crippen LogP contribution in [0.3, 0.4) is 0 Å². The number of ether oxygens (including phenoxy) is 3. The zero-order chi connectivity index (χ0) is 22.6. The molecule has 1 aromatic rings. The summed E-state index contributed by atoms with van der Waals surface area (Å²) in [6.45, 7) is 1.77. The standard InChI is InChI=1S/C26H31NO6/c28-23(15-6-4-5-7-15)31-21-18-14-17-19(24(29)32-22(17)21)20(18)25(30)33-26(10-12-27-13-11-26)16-8-2-1-3-9-16/h1-3,8-9,15,17-22,27H,4-7,10-14H2/p+1. The van der Waals surface area contributed by atoms with Crippen molar-refractivity contribution in [1.29, 1.82) is 0 Å². The first-order valence-electron chi connectivity index (χ1n) is 12.6. The third-order valence-corrected chi connectivity index (χ3v) is 8.86. The highest BCUT2D eigenvalue weighted by Crippen LogP contribution is 2.59. The first kappa shape index (κ1) is 21.1. The van der Waals surface area contributed by atoms with E-state index in [1.165, 1.54) is 0 Å². The maximum Gasteiger partial charge on any atom is 0.311 e. The van der Waals surface area contributed by atoms with Gasteiger partial charge in [-0.3, -0.25) is 14.4 Å². The number of carbonyl (C=O) groups is 3. The zero-order valence-electron chi connectivity index (χ0n) is 18.8. The van der Waals surface area contributed by atoms with Crippen LogP contribution in [0.4, 0.5) is 0 Å². The van der Waals surface area contributed by atoms with Crippen molar-refractivity contribution in [2.45, 2.75) is 62.8 Å². The summed E-state index contributed by atoms with van der Waals surface area (Å²) in [7, 11) is 0. The van der Waals surface area contributed by atoms with Crippen molar-refractivity contribution in [1.82, 2.24) is 0 Å². The van der Waals surface area contributed by atoms with Crippen LogP contribution in [-0.2, 0) is 34.2 Å². The largest absolute Gasteiger partial charge is 0.458 e. The second kappa shape index (κ2) is 8.12. The van der Waals surface area contributed by atoms with Crippen molar-refractivity contribution in [3.63, 3.8) is 0 Å². The molecule has 2 N–H and O–H groups in total. The monoisotopic (exact) mass is 454 g/mol. The Labute approximate surface area is 193 Å². The summed E-state index contributed by atoms with van der Waals surface area (Å²) in [6.07, 6.45) is 5.02. The minimum Gasteiger partial charge on any atom is -0.458 e. The van der Waals surface area contributed by atoms with Crippen LogP contribution in [0.15, 0.2) is 30.3 Å². The topological polar surface area (TPSA) is 95.5 Å². The molecule has 5 aliphatic rings. The first-order valence-corrected chi connectivity index (χ1v) is 12.6. The Morgan fingerprint density at radius 2 is 1.73 bits per heavy atom. The van der Waals surface area contributed by atoms with E-state index in [0.717, 1.165) is 57.2 Å². The zero-order valence-corrected chi connectivity index (χ0v) is 18.8. The van der Waals surface area contributed by atoms with Crippen molar-refractivity contribution >= 4 is 17.9 Å². The maximum atomic E-state index is 13.7. The molecule has 7 heteroatoms. The van der Waals surface area contributed by atoms with E-state index in [9.17, 15) is 14.4 Å². The van der Waals surface area contributed by atoms with Gasteiger partial charge in [-0.2, -0.15) is 0 Å². The SMILES string of the molecule is O=C(OC1C2CC3C1OC(=O)C3C2C(=O)OC1(c2ccccc2)CC[NH2+]CC1)C1CCCC1. The average Bonchev–Trinajstić information content (AvgIpc) is 3.60. The summed E-state index contributed by atoms with van der Waals surface area (Å²) < 4.78 is 18.0. The van der Waals surface area contributed by atoms with Crippen LogP contribution < -0.4 is 5.32 Å². The third-order valence-electron chi connectivity index (χ3n) is 8.86. The van der Waals surface area contributed by atoms with E-state index >= 15 is 0 Å². The number of hydrogen-bond acceptors (Lipinski definition) is 6. The number of hydrogen-bond donors (Lipinski definition) is 1. The van der Waals surface area contributed by atoms with Crippen molar-refractivity contribution in [2.24, 2.45) is 29.6 Å². The fraction of sp³-hybridized carbons (Fsp3) is 0.654. The number of carbonyl (C=O) groups excluding carboxylic acids is 3. The van der Waals surface area contributed by atoms with Gasteiger partial charge in [-0.05, 0) is 24.8 Å². The molecule has 3 saturated carbocycles. The molecule has 2 bridgehead atoms. The summed E-state index contributed by atoms with van der Waals surface area (Å²) in [5.41, 5.74) is 0.332. The first-order chi connectivity index (χ1) is 16.1. The molecule has 6 atom stereocenters. The van der Waals surface area contributed by atoms with Gasteiger partial charge in [-0.25, -0.2) is 0 Å². The molecule has 7 nitrogen and oxygen atoms in total. The number of esters is 3. The normalized spacial score (nSPS) is 36.5. The van der Waals surface area contributed by atoms with Crippen LogP contribution in [0, 0.1) is 29.6 Å². The van der Waals surface area contributed by atoms with E-state index in [1.54, 1.807) is 0 Å². The molecule has 2 aliphatic heterocycles. The number of quaternary nitrogens is 1. The number of piperidine rings is 1. The van der Waals surface area contributed by atoms with Crippen molar-refractivity contribution in [2.75, 3.05) is 13.1 Å². The lowest BCUT2D eigenvalue weighted by atomic mass is 9.78. The van der Waals surface area contributed by atoms with Gasteiger partial charge in [0.25, 0.3) is 0 Å². The summed E-state index contributed by atoms with van der Waals surface area (Å²) in [6, 6.07) is 9.94. The Morgan fingerprint density at radius 3 is 2.45 bits per heavy atom. The van der Waals surface area contributed by atoms with Gasteiger partial charge < -0.3 is 19.5 Å². The lowest BCUT2D eigenvalue weighted by Crippen LogP contribution is -2.87. The molecular formula is C26H32NO6+. The molecule has 2 saturated heterocycles. The van der Waals surface area contributed by atoms with Crippen LogP contribution >= 0.6 is 0 Å². The van der Waals surface area contributed by atoms with Gasteiger partial charge in [0.1, 0.15) is 17.8 Å². The van der Waals surface area contributed by atoms with E-state index in [1.807, 2.05) is 30.3 Å². The van der Waals surface area contributed by atoms with Gasteiger partial charge in [0, 0.05) is 24.7 Å². The van der Waals surface area contributed by atoms with E-state index in [2.05, 4.69) is 5.32 Å². The summed E-state index contributed by atoms with van der Waals surface area (Å²) >= 11 is 0. The average molecular weight is 455 g/mol. The minimum absolute atomic E-state index is 0.0613. The van der Waals surface area contributed by atoms with Crippen molar-refractivity contribution in [3.8, 4) is 0 Å². The second-order valence-corrected chi connectivity index (χ2v) is 10.5. The van der Waals surface area contributed by atoms with Gasteiger partial charge in [0.05, 0.1) is 30.8 Å². The fourth-order valence-electron chi connectivity index (χ4n) is 7.25. The maximum absolute atomic E-state index is 13.7. The number of nitrogens with two attached hydrogens (primary N) is 1. The highest BCUT2D eigenvalue weighted by Gasteiger charge is 2.70. The van der Waals surface area contributed by atoms with Crippen molar-refractivity contribution < 1.29 is 33.9 Å². The van der Waals surface area contributed by atoms with E-state index in [0.29, 0.717) is 6.42 Å². The van der Waals surface area contributed by atoms with Gasteiger partial charge in [0.15, 0.2) is 0 Å². The molecule has 0 amide bonds. The molecule has 6 unspecified atom stereocenters. The number of rotatable bonds is 5. The highest BCUT2D eigenvalue weighted by molar-refractivity contribution is 5.86. The van der Waals surface area contributed by atoms with E-state index in [-0.39, 0.29) is 35.7 Å². The smallest absolute Gasteiger partial charge is 0.311 e. The molecule has 33 heavy (non-hydrogen) atoms. The summed E-state index contributed by atoms with van der Waals surface area (Å²) in [5.74, 6) is -2.28. The molecule has 6 rings (SSSR count). The Bertz CT molecular complexity index is 935. The molecule has 5 fully saturated rings. The Hall–Kier alpha value is -2.41. The predicted molar refractivity (Wildman–Crippen MR) is 115 cm³/mol. The van der Waals surface area contributed by atoms with Gasteiger partial charge in [-0.1, -0.05) is 43.2 Å². The van der Waals surface area contributed by atoms with Crippen LogP contribution in [0.2, 0.25) is 0 Å². The fourth-order valence-corrected chi connectivity index (χ4v) is 7.25. The summed E-state index contributed by atoms with van der Waals surface area (Å²) in [4.78, 5) is 39.3. The van der Waals surface area contributed by atoms with Gasteiger partial charge in [0.2, 0.25) is 0 Å². The number of benzene rings is 1. The Kier molecular flexibility index (Phi) is 5.20. The van der Waals surface area contributed by atoms with Crippen LogP contribution in [0.1, 0.15) is 50.5 Å². The lowest BCUT2D eigenvalue weighted by molar-refractivity contribution is -0.668. The van der Waals surface area contributed by atoms with Crippen molar-refractivity contribution in [3.05, 3.63) is 35.9 Å². The summed E-state index contributed by atoms with van der Waals surface area (Å²) in [5, 5.41) is 2.24. The van der Waals surface area contributed by atoms with Crippen LogP contribution in [-0.4, -0.2) is 43.2 Å². The number of fused-ring (bicyclic) bond motifs is 1. The predicted octanol–water partition coefficient (Wildman–Crippen LogP) is 1.69. The van der Waals surface area contributed by atoms with Gasteiger partial charge in [-0.15, -0.1) is 0 Å². The molecule has 0 aromatic heterocycles. The minimum atomic E-state index is -0.674. The molecule has 0 spiro atoms.